The zero-order valence-electron chi connectivity index (χ0n) is 12.2. The molecule has 0 radical (unpaired) electrons. The van der Waals surface area contributed by atoms with Gasteiger partial charge in [-0.1, -0.05) is 12.5 Å². The van der Waals surface area contributed by atoms with E-state index < -0.39 is 0 Å². The summed E-state index contributed by atoms with van der Waals surface area (Å²) >= 11 is 0. The van der Waals surface area contributed by atoms with E-state index in [-0.39, 0.29) is 0 Å². The summed E-state index contributed by atoms with van der Waals surface area (Å²) in [5.74, 6) is 0. The summed E-state index contributed by atoms with van der Waals surface area (Å²) in [6.07, 6.45) is 9.30. The molecule has 1 aromatic rings. The Bertz CT molecular complexity index is 353. The predicted octanol–water partition coefficient (Wildman–Crippen LogP) is 3.25. The standard InChI is InChI=1S/C16H26N2O/c1-14(2)19-11-8-16-7-3-4-10-18(16)13-15-6-5-9-17-12-15/h5-6,9,12,14,16H,3-4,7-8,10-11,13H2,1-2H3. The van der Waals surface area contributed by atoms with Gasteiger partial charge in [0.1, 0.15) is 0 Å². The molecule has 1 unspecified atom stereocenters. The largest absolute Gasteiger partial charge is 0.379 e. The maximum Gasteiger partial charge on any atom is 0.0518 e. The summed E-state index contributed by atoms with van der Waals surface area (Å²) in [5.41, 5.74) is 1.32. The Morgan fingerprint density at radius 2 is 2.32 bits per heavy atom. The van der Waals surface area contributed by atoms with E-state index in [0.717, 1.165) is 19.6 Å². The first kappa shape index (κ1) is 14.5. The maximum absolute atomic E-state index is 5.70. The zero-order chi connectivity index (χ0) is 13.5. The highest BCUT2D eigenvalue weighted by molar-refractivity contribution is 5.08. The van der Waals surface area contributed by atoms with Gasteiger partial charge >= 0.3 is 0 Å². The number of rotatable bonds is 6. The zero-order valence-corrected chi connectivity index (χ0v) is 12.2. The van der Waals surface area contributed by atoms with Crippen LogP contribution in [0.3, 0.4) is 0 Å². The van der Waals surface area contributed by atoms with Crippen LogP contribution in [-0.4, -0.2) is 35.2 Å². The number of ether oxygens (including phenoxy) is 1. The maximum atomic E-state index is 5.70. The average Bonchev–Trinajstić information content (AvgIpc) is 2.41. The van der Waals surface area contributed by atoms with Gasteiger partial charge in [0, 0.05) is 31.6 Å². The molecule has 1 saturated heterocycles. The molecular formula is C16H26N2O. The minimum Gasteiger partial charge on any atom is -0.379 e. The first-order valence-corrected chi connectivity index (χ1v) is 7.50. The fourth-order valence-corrected chi connectivity index (χ4v) is 2.76. The van der Waals surface area contributed by atoms with E-state index in [2.05, 4.69) is 29.8 Å². The Hall–Kier alpha value is -0.930. The molecule has 0 N–H and O–H groups in total. The Balaban J connectivity index is 1.85. The molecule has 0 bridgehead atoms. The minimum absolute atomic E-state index is 0.343. The molecule has 3 nitrogen and oxygen atoms in total. The molecule has 1 fully saturated rings. The van der Waals surface area contributed by atoms with E-state index in [1.54, 1.807) is 0 Å². The molecule has 0 saturated carbocycles. The van der Waals surface area contributed by atoms with E-state index in [1.165, 1.54) is 31.4 Å². The summed E-state index contributed by atoms with van der Waals surface area (Å²) < 4.78 is 5.70. The van der Waals surface area contributed by atoms with Gasteiger partial charge in [-0.05, 0) is 51.3 Å². The second-order valence-electron chi connectivity index (χ2n) is 5.69. The van der Waals surface area contributed by atoms with Gasteiger partial charge in [0.05, 0.1) is 6.10 Å². The third kappa shape index (κ3) is 4.92. The van der Waals surface area contributed by atoms with Gasteiger partial charge in [-0.15, -0.1) is 0 Å². The van der Waals surface area contributed by atoms with Crippen LogP contribution in [0.4, 0.5) is 0 Å². The van der Waals surface area contributed by atoms with E-state index in [9.17, 15) is 0 Å². The quantitative estimate of drug-likeness (QED) is 0.787. The molecule has 0 spiro atoms. The molecule has 0 aliphatic carbocycles. The van der Waals surface area contributed by atoms with Crippen molar-refractivity contribution >= 4 is 0 Å². The first-order valence-electron chi connectivity index (χ1n) is 7.50. The van der Waals surface area contributed by atoms with E-state index in [1.807, 2.05) is 18.5 Å². The van der Waals surface area contributed by atoms with Gasteiger partial charge in [0.2, 0.25) is 0 Å². The third-order valence-electron chi connectivity index (χ3n) is 3.76. The van der Waals surface area contributed by atoms with E-state index >= 15 is 0 Å². The Morgan fingerprint density at radius 3 is 3.05 bits per heavy atom. The van der Waals surface area contributed by atoms with Gasteiger partial charge in [-0.2, -0.15) is 0 Å². The van der Waals surface area contributed by atoms with Crippen LogP contribution in [0.5, 0.6) is 0 Å². The van der Waals surface area contributed by atoms with Crippen LogP contribution in [0.25, 0.3) is 0 Å². The summed E-state index contributed by atoms with van der Waals surface area (Å²) in [6, 6.07) is 4.87. The lowest BCUT2D eigenvalue weighted by Gasteiger charge is -2.35. The lowest BCUT2D eigenvalue weighted by atomic mass is 9.99. The lowest BCUT2D eigenvalue weighted by Crippen LogP contribution is -2.39. The fraction of sp³-hybridized carbons (Fsp3) is 0.688. The Morgan fingerprint density at radius 1 is 1.42 bits per heavy atom. The molecule has 19 heavy (non-hydrogen) atoms. The first-order chi connectivity index (χ1) is 9.25. The monoisotopic (exact) mass is 262 g/mol. The summed E-state index contributed by atoms with van der Waals surface area (Å²) in [7, 11) is 0. The van der Waals surface area contributed by atoms with Gasteiger partial charge in [-0.3, -0.25) is 9.88 Å². The summed E-state index contributed by atoms with van der Waals surface area (Å²) in [6.45, 7) is 7.33. The number of piperidine rings is 1. The van der Waals surface area contributed by atoms with Crippen LogP contribution < -0.4 is 0 Å². The number of nitrogens with zero attached hydrogens (tertiary/aromatic N) is 2. The normalized spacial score (nSPS) is 20.9. The lowest BCUT2D eigenvalue weighted by molar-refractivity contribution is 0.0457. The fourth-order valence-electron chi connectivity index (χ4n) is 2.76. The van der Waals surface area contributed by atoms with Crippen molar-refractivity contribution in [2.24, 2.45) is 0 Å². The topological polar surface area (TPSA) is 25.4 Å². The highest BCUT2D eigenvalue weighted by atomic mass is 16.5. The van der Waals surface area contributed by atoms with Crippen LogP contribution in [0.2, 0.25) is 0 Å². The van der Waals surface area contributed by atoms with Crippen LogP contribution in [0.15, 0.2) is 24.5 Å². The molecule has 1 atom stereocenters. The highest BCUT2D eigenvalue weighted by Crippen LogP contribution is 2.21. The number of hydrogen-bond donors (Lipinski definition) is 0. The van der Waals surface area contributed by atoms with Crippen LogP contribution in [0, 0.1) is 0 Å². The van der Waals surface area contributed by atoms with Gasteiger partial charge in [0.25, 0.3) is 0 Å². The van der Waals surface area contributed by atoms with Crippen molar-refractivity contribution in [2.75, 3.05) is 13.2 Å². The van der Waals surface area contributed by atoms with Gasteiger partial charge < -0.3 is 4.74 Å². The minimum atomic E-state index is 0.343. The van der Waals surface area contributed by atoms with Crippen LogP contribution in [-0.2, 0) is 11.3 Å². The van der Waals surface area contributed by atoms with E-state index in [0.29, 0.717) is 12.1 Å². The molecule has 1 aromatic heterocycles. The molecular weight excluding hydrogens is 236 g/mol. The molecule has 106 valence electrons. The van der Waals surface area contributed by atoms with Crippen LogP contribution >= 0.6 is 0 Å². The molecule has 3 heteroatoms. The smallest absolute Gasteiger partial charge is 0.0518 e. The Kier molecular flexibility index (Phi) is 5.80. The Labute approximate surface area is 117 Å². The second kappa shape index (κ2) is 7.61. The molecule has 0 aromatic carbocycles. The second-order valence-corrected chi connectivity index (χ2v) is 5.69. The summed E-state index contributed by atoms with van der Waals surface area (Å²) in [4.78, 5) is 6.81. The van der Waals surface area contributed by atoms with E-state index in [4.69, 9.17) is 4.74 Å². The van der Waals surface area contributed by atoms with Crippen molar-refractivity contribution in [3.05, 3.63) is 30.1 Å². The highest BCUT2D eigenvalue weighted by Gasteiger charge is 2.22. The summed E-state index contributed by atoms with van der Waals surface area (Å²) in [5, 5.41) is 0. The average molecular weight is 262 g/mol. The van der Waals surface area contributed by atoms with Crippen molar-refractivity contribution in [3.63, 3.8) is 0 Å². The van der Waals surface area contributed by atoms with Crippen molar-refractivity contribution < 1.29 is 4.74 Å². The van der Waals surface area contributed by atoms with Crippen molar-refractivity contribution in [1.82, 2.24) is 9.88 Å². The van der Waals surface area contributed by atoms with Gasteiger partial charge in [-0.25, -0.2) is 0 Å². The molecule has 1 aliphatic heterocycles. The molecule has 2 heterocycles. The predicted molar refractivity (Wildman–Crippen MR) is 78.0 cm³/mol. The number of pyridine rings is 1. The number of aromatic nitrogens is 1. The third-order valence-corrected chi connectivity index (χ3v) is 3.76. The van der Waals surface area contributed by atoms with Gasteiger partial charge in [0.15, 0.2) is 0 Å². The van der Waals surface area contributed by atoms with Crippen molar-refractivity contribution in [2.45, 2.75) is 58.2 Å². The van der Waals surface area contributed by atoms with Crippen molar-refractivity contribution in [3.8, 4) is 0 Å². The molecule has 2 rings (SSSR count). The number of hydrogen-bond acceptors (Lipinski definition) is 3. The SMILES string of the molecule is CC(C)OCCC1CCCCN1Cc1cccnc1. The van der Waals surface area contributed by atoms with Crippen molar-refractivity contribution in [1.29, 1.82) is 0 Å². The van der Waals surface area contributed by atoms with Crippen LogP contribution in [0.1, 0.15) is 45.1 Å². The molecule has 0 amide bonds. The number of likely N-dealkylation sites (tertiary alicyclic amines) is 1. The molecule has 1 aliphatic rings.